The lowest BCUT2D eigenvalue weighted by molar-refractivity contribution is -0.137. The first-order valence-electron chi connectivity index (χ1n) is 13.1. The number of aromatic nitrogens is 4. The van der Waals surface area contributed by atoms with E-state index in [1.165, 1.54) is 0 Å². The summed E-state index contributed by atoms with van der Waals surface area (Å²) < 4.78 is 13.7. The fourth-order valence-corrected chi connectivity index (χ4v) is 4.69. The number of hydrogen-bond acceptors (Lipinski definition) is 9. The third kappa shape index (κ3) is 8.67. The first kappa shape index (κ1) is 28.8. The lowest BCUT2D eigenvalue weighted by Crippen LogP contribution is -2.33. The van der Waals surface area contributed by atoms with Crippen LogP contribution >= 0.6 is 11.3 Å². The van der Waals surface area contributed by atoms with Crippen LogP contribution in [0.2, 0.25) is 0 Å². The maximum Gasteiger partial charge on any atom is 0.407 e. The molecule has 0 saturated carbocycles. The summed E-state index contributed by atoms with van der Waals surface area (Å²) in [6.45, 7) is 7.09. The molecule has 0 aliphatic rings. The van der Waals surface area contributed by atoms with E-state index in [-0.39, 0.29) is 6.42 Å². The van der Waals surface area contributed by atoms with Crippen LogP contribution in [0.4, 0.5) is 16.4 Å². The highest BCUT2D eigenvalue weighted by Gasteiger charge is 2.15. The number of anilines is 2. The Bertz CT molecular complexity index is 1430. The van der Waals surface area contributed by atoms with Gasteiger partial charge in [-0.1, -0.05) is 12.1 Å². The largest absolute Gasteiger partial charge is 0.494 e. The molecule has 0 fully saturated rings. The SMILES string of the molecule is CC(C)(C)OC(=O)NCCCn1cc(Nc2ncc3scc(-c4ccc(OCCCCC(=O)O)cc4)c3n2)cn1. The van der Waals surface area contributed by atoms with E-state index in [0.29, 0.717) is 44.9 Å². The number of thiophene rings is 1. The standard InChI is InChI=1S/C28H34N6O5S/c1-28(2,3)39-27(37)29-12-6-13-34-17-20(15-31-34)32-26-30-16-23-25(33-26)22(18-40-23)19-8-10-21(11-9-19)38-14-5-4-7-24(35)36/h8-11,15-18H,4-7,12-14H2,1-3H3,(H,29,37)(H,35,36)(H,30,32,33). The summed E-state index contributed by atoms with van der Waals surface area (Å²) >= 11 is 1.58. The minimum atomic E-state index is -0.786. The Balaban J connectivity index is 1.31. The monoisotopic (exact) mass is 566 g/mol. The molecule has 1 aromatic carbocycles. The number of alkyl carbamates (subject to hydrolysis) is 1. The third-order valence-corrected chi connectivity index (χ3v) is 6.56. The first-order chi connectivity index (χ1) is 19.2. The maximum atomic E-state index is 11.8. The summed E-state index contributed by atoms with van der Waals surface area (Å²) in [5, 5.41) is 21.1. The van der Waals surface area contributed by atoms with Crippen LogP contribution in [-0.4, -0.2) is 55.7 Å². The highest BCUT2D eigenvalue weighted by Crippen LogP contribution is 2.34. The van der Waals surface area contributed by atoms with Gasteiger partial charge in [0.05, 0.1) is 34.9 Å². The number of hydrogen-bond donors (Lipinski definition) is 3. The number of aryl methyl sites for hydroxylation is 1. The van der Waals surface area contributed by atoms with Crippen molar-refractivity contribution in [3.05, 3.63) is 48.2 Å². The van der Waals surface area contributed by atoms with Crippen molar-refractivity contribution in [3.63, 3.8) is 0 Å². The number of fused-ring (bicyclic) bond motifs is 1. The molecule has 0 atom stereocenters. The van der Waals surface area contributed by atoms with Gasteiger partial charge in [-0.25, -0.2) is 14.8 Å². The topological polar surface area (TPSA) is 140 Å². The second kappa shape index (κ2) is 13.2. The molecule has 11 nitrogen and oxygen atoms in total. The number of unbranched alkanes of at least 4 members (excludes halogenated alkanes) is 1. The fourth-order valence-electron chi connectivity index (χ4n) is 3.82. The third-order valence-electron chi connectivity index (χ3n) is 5.65. The van der Waals surface area contributed by atoms with Gasteiger partial charge >= 0.3 is 12.1 Å². The van der Waals surface area contributed by atoms with E-state index in [1.54, 1.807) is 28.4 Å². The zero-order valence-corrected chi connectivity index (χ0v) is 23.7. The number of carbonyl (C=O) groups is 2. The molecule has 1 amide bonds. The second-order valence-corrected chi connectivity index (χ2v) is 11.1. The number of carboxylic acids is 1. The molecule has 12 heteroatoms. The molecule has 0 saturated heterocycles. The lowest BCUT2D eigenvalue weighted by atomic mass is 10.1. The van der Waals surface area contributed by atoms with Gasteiger partial charge in [0.15, 0.2) is 0 Å². The average Bonchev–Trinajstić information content (AvgIpc) is 3.52. The van der Waals surface area contributed by atoms with Gasteiger partial charge in [0.2, 0.25) is 5.95 Å². The molecule has 3 N–H and O–H groups in total. The molecule has 212 valence electrons. The Hall–Kier alpha value is -4.19. The Morgan fingerprint density at radius 3 is 2.65 bits per heavy atom. The van der Waals surface area contributed by atoms with Crippen LogP contribution in [0, 0.1) is 0 Å². The van der Waals surface area contributed by atoms with Crippen molar-refractivity contribution in [2.24, 2.45) is 0 Å². The molecule has 4 aromatic rings. The summed E-state index contributed by atoms with van der Waals surface area (Å²) in [7, 11) is 0. The molecule has 4 rings (SSSR count). The number of aliphatic carboxylic acids is 1. The van der Waals surface area contributed by atoms with Crippen LogP contribution in [0.5, 0.6) is 5.75 Å². The van der Waals surface area contributed by atoms with Crippen LogP contribution in [-0.2, 0) is 16.1 Å². The fraction of sp³-hybridized carbons (Fsp3) is 0.393. The number of amides is 1. The number of ether oxygens (including phenoxy) is 2. The van der Waals surface area contributed by atoms with Crippen molar-refractivity contribution in [1.29, 1.82) is 0 Å². The van der Waals surface area contributed by atoms with Crippen LogP contribution in [0.3, 0.4) is 0 Å². The number of carboxylic acid groups (broad SMARTS) is 1. The summed E-state index contributed by atoms with van der Waals surface area (Å²) in [4.78, 5) is 31.6. The number of benzene rings is 1. The zero-order chi connectivity index (χ0) is 28.5. The van der Waals surface area contributed by atoms with Crippen LogP contribution < -0.4 is 15.4 Å². The van der Waals surface area contributed by atoms with Gasteiger partial charge in [-0.05, 0) is 57.7 Å². The number of carbonyl (C=O) groups excluding carboxylic acids is 1. The van der Waals surface area contributed by atoms with Crippen molar-refractivity contribution >= 4 is 45.3 Å². The molecule has 0 aliphatic carbocycles. The lowest BCUT2D eigenvalue weighted by Gasteiger charge is -2.19. The van der Waals surface area contributed by atoms with Crippen molar-refractivity contribution in [2.45, 2.75) is 58.6 Å². The molecule has 40 heavy (non-hydrogen) atoms. The van der Waals surface area contributed by atoms with Gasteiger partial charge in [0, 0.05) is 36.7 Å². The summed E-state index contributed by atoms with van der Waals surface area (Å²) in [6.07, 6.45) is 7.11. The predicted molar refractivity (Wildman–Crippen MR) is 154 cm³/mol. The minimum absolute atomic E-state index is 0.156. The van der Waals surface area contributed by atoms with Crippen molar-refractivity contribution in [1.82, 2.24) is 25.1 Å². The van der Waals surface area contributed by atoms with Crippen molar-refractivity contribution in [3.8, 4) is 16.9 Å². The highest BCUT2D eigenvalue weighted by atomic mass is 32.1. The smallest absolute Gasteiger partial charge is 0.407 e. The quantitative estimate of drug-likeness (QED) is 0.170. The van der Waals surface area contributed by atoms with E-state index in [0.717, 1.165) is 32.8 Å². The Morgan fingerprint density at radius 2 is 1.90 bits per heavy atom. The molecule has 3 heterocycles. The van der Waals surface area contributed by atoms with E-state index in [2.05, 4.69) is 26.1 Å². The van der Waals surface area contributed by atoms with Gasteiger partial charge in [-0.3, -0.25) is 9.48 Å². The first-order valence-corrected chi connectivity index (χ1v) is 14.0. The number of rotatable bonds is 13. The van der Waals surface area contributed by atoms with Gasteiger partial charge in [-0.2, -0.15) is 5.10 Å². The Labute approximate surface area is 236 Å². The summed E-state index contributed by atoms with van der Waals surface area (Å²) in [5.41, 5.74) is 3.12. The highest BCUT2D eigenvalue weighted by molar-refractivity contribution is 7.17. The molecule has 0 aliphatic heterocycles. The number of nitrogens with zero attached hydrogens (tertiary/aromatic N) is 4. The molecule has 0 radical (unpaired) electrons. The van der Waals surface area contributed by atoms with Gasteiger partial charge in [0.25, 0.3) is 0 Å². The molecular formula is C28H34N6O5S. The zero-order valence-electron chi connectivity index (χ0n) is 22.8. The molecule has 0 spiro atoms. The molecule has 0 unspecified atom stereocenters. The normalized spacial score (nSPS) is 11.4. The molecule has 3 aromatic heterocycles. The van der Waals surface area contributed by atoms with E-state index in [1.807, 2.05) is 51.2 Å². The maximum absolute atomic E-state index is 11.8. The van der Waals surface area contributed by atoms with E-state index in [4.69, 9.17) is 19.6 Å². The number of nitrogens with one attached hydrogen (secondary N) is 2. The Morgan fingerprint density at radius 1 is 1.10 bits per heavy atom. The minimum Gasteiger partial charge on any atom is -0.494 e. The van der Waals surface area contributed by atoms with Gasteiger partial charge in [0.1, 0.15) is 11.4 Å². The second-order valence-electron chi connectivity index (χ2n) is 10.2. The molecule has 0 bridgehead atoms. The average molecular weight is 567 g/mol. The van der Waals surface area contributed by atoms with E-state index in [9.17, 15) is 9.59 Å². The van der Waals surface area contributed by atoms with Crippen LogP contribution in [0.25, 0.3) is 21.3 Å². The van der Waals surface area contributed by atoms with E-state index < -0.39 is 17.7 Å². The summed E-state index contributed by atoms with van der Waals surface area (Å²) in [5.74, 6) is 0.430. The van der Waals surface area contributed by atoms with Gasteiger partial charge in [-0.15, -0.1) is 11.3 Å². The van der Waals surface area contributed by atoms with Crippen molar-refractivity contribution in [2.75, 3.05) is 18.5 Å². The molecular weight excluding hydrogens is 532 g/mol. The Kier molecular flexibility index (Phi) is 9.54. The van der Waals surface area contributed by atoms with Crippen LogP contribution in [0.1, 0.15) is 46.5 Å². The van der Waals surface area contributed by atoms with Crippen molar-refractivity contribution < 1.29 is 24.2 Å². The van der Waals surface area contributed by atoms with E-state index >= 15 is 0 Å². The predicted octanol–water partition coefficient (Wildman–Crippen LogP) is 5.85. The summed E-state index contributed by atoms with van der Waals surface area (Å²) in [6, 6.07) is 7.80. The van der Waals surface area contributed by atoms with Crippen LogP contribution in [0.15, 0.2) is 48.2 Å². The van der Waals surface area contributed by atoms with Gasteiger partial charge < -0.3 is 25.2 Å².